The van der Waals surface area contributed by atoms with Crippen molar-refractivity contribution >= 4 is 38.5 Å². The monoisotopic (exact) mass is 402 g/mol. The van der Waals surface area contributed by atoms with Gasteiger partial charge in [0.25, 0.3) is 11.7 Å². The fourth-order valence-corrected chi connectivity index (χ4v) is 3.25. The lowest BCUT2D eigenvalue weighted by atomic mass is 10.1. The predicted molar refractivity (Wildman–Crippen MR) is 97.9 cm³/mol. The Morgan fingerprint density at radius 1 is 1.20 bits per heavy atom. The molecule has 3 aromatic rings. The molecule has 0 aliphatic heterocycles. The van der Waals surface area contributed by atoms with E-state index in [0.29, 0.717) is 26.7 Å². The highest BCUT2D eigenvalue weighted by Gasteiger charge is 2.25. The number of carbonyl (C=O) groups is 2. The van der Waals surface area contributed by atoms with E-state index in [9.17, 15) is 14.0 Å². The topological polar surface area (TPSA) is 53.2 Å². The Kier molecular flexibility index (Phi) is 4.72. The summed E-state index contributed by atoms with van der Waals surface area (Å²) in [5, 5.41) is 0.709. The summed E-state index contributed by atoms with van der Waals surface area (Å²) in [5.41, 5.74) is 2.15. The van der Waals surface area contributed by atoms with Gasteiger partial charge in [0.1, 0.15) is 5.82 Å². The maximum Gasteiger partial charge on any atom is 0.295 e. The van der Waals surface area contributed by atoms with Crippen molar-refractivity contribution in [1.29, 1.82) is 0 Å². The number of Topliss-reactive ketones (excluding diaryl/α,β-unsaturated/α-hetero) is 1. The molecule has 3 rings (SSSR count). The number of rotatable bonds is 4. The van der Waals surface area contributed by atoms with Crippen LogP contribution in [-0.4, -0.2) is 28.6 Å². The van der Waals surface area contributed by atoms with Gasteiger partial charge in [0.05, 0.1) is 5.56 Å². The second-order valence-corrected chi connectivity index (χ2v) is 6.81. The molecule has 0 saturated heterocycles. The number of carbonyl (C=O) groups excluding carboxylic acids is 2. The van der Waals surface area contributed by atoms with E-state index in [0.717, 1.165) is 5.52 Å². The van der Waals surface area contributed by atoms with E-state index in [1.54, 1.807) is 25.1 Å². The van der Waals surface area contributed by atoms with Gasteiger partial charge < -0.3 is 9.88 Å². The van der Waals surface area contributed by atoms with Crippen LogP contribution in [-0.2, 0) is 11.3 Å². The molecule has 25 heavy (non-hydrogen) atoms. The molecular weight excluding hydrogens is 387 g/mol. The van der Waals surface area contributed by atoms with Gasteiger partial charge in [0, 0.05) is 40.2 Å². The molecule has 0 bridgehead atoms. The molecule has 0 saturated carbocycles. The normalized spacial score (nSPS) is 10.9. The number of para-hydroxylation sites is 1. The van der Waals surface area contributed by atoms with Crippen LogP contribution in [0.15, 0.2) is 46.9 Å². The molecule has 1 N–H and O–H groups in total. The molecule has 0 aliphatic carbocycles. The first-order chi connectivity index (χ1) is 11.9. The number of halogens is 2. The van der Waals surface area contributed by atoms with Crippen LogP contribution in [0.4, 0.5) is 4.39 Å². The van der Waals surface area contributed by atoms with Gasteiger partial charge in [-0.1, -0.05) is 34.1 Å². The van der Waals surface area contributed by atoms with Gasteiger partial charge in [0.15, 0.2) is 0 Å². The van der Waals surface area contributed by atoms with Crippen molar-refractivity contribution in [1.82, 2.24) is 9.88 Å². The highest BCUT2D eigenvalue weighted by atomic mass is 79.9. The fourth-order valence-electron chi connectivity index (χ4n) is 2.84. The molecule has 1 aromatic heterocycles. The molecule has 0 aliphatic rings. The molecule has 0 radical (unpaired) electrons. The molecule has 1 heterocycles. The highest BCUT2D eigenvalue weighted by molar-refractivity contribution is 9.10. The summed E-state index contributed by atoms with van der Waals surface area (Å²) in [7, 11) is 1.49. The predicted octanol–water partition coefficient (Wildman–Crippen LogP) is 4.22. The smallest absolute Gasteiger partial charge is 0.295 e. The Labute approximate surface area is 152 Å². The van der Waals surface area contributed by atoms with Crippen molar-refractivity contribution in [2.24, 2.45) is 0 Å². The number of hydrogen-bond acceptors (Lipinski definition) is 2. The summed E-state index contributed by atoms with van der Waals surface area (Å²) in [6, 6.07) is 11.8. The first kappa shape index (κ1) is 17.4. The van der Waals surface area contributed by atoms with Crippen LogP contribution in [0.1, 0.15) is 21.6 Å². The lowest BCUT2D eigenvalue weighted by Gasteiger charge is -2.17. The Balaban J connectivity index is 1.88. The molecule has 0 fully saturated rings. The number of likely N-dealkylation sites (N-methyl/N-ethyl adjacent to an activating group) is 1. The molecule has 0 unspecified atom stereocenters. The van der Waals surface area contributed by atoms with Crippen molar-refractivity contribution < 1.29 is 14.0 Å². The summed E-state index contributed by atoms with van der Waals surface area (Å²) in [4.78, 5) is 29.6. The molecule has 4 nitrogen and oxygen atoms in total. The lowest BCUT2D eigenvalue weighted by molar-refractivity contribution is -0.125. The number of benzene rings is 2. The van der Waals surface area contributed by atoms with Crippen molar-refractivity contribution in [3.63, 3.8) is 0 Å². The largest absolute Gasteiger partial charge is 0.358 e. The van der Waals surface area contributed by atoms with Gasteiger partial charge in [-0.2, -0.15) is 0 Å². The number of amides is 1. The number of aromatic nitrogens is 1. The van der Waals surface area contributed by atoms with Crippen LogP contribution in [0, 0.1) is 12.7 Å². The number of aryl methyl sites for hydroxylation is 1. The SMILES string of the molecule is Cc1[nH]c2ccccc2c1C(=O)C(=O)N(C)Cc1cc(Br)ccc1F. The van der Waals surface area contributed by atoms with Crippen LogP contribution in [0.3, 0.4) is 0 Å². The maximum absolute atomic E-state index is 13.9. The van der Waals surface area contributed by atoms with Crippen LogP contribution >= 0.6 is 15.9 Å². The fraction of sp³-hybridized carbons (Fsp3) is 0.158. The van der Waals surface area contributed by atoms with Crippen molar-refractivity contribution in [2.75, 3.05) is 7.05 Å². The third-order valence-electron chi connectivity index (χ3n) is 4.08. The average molecular weight is 403 g/mol. The highest BCUT2D eigenvalue weighted by Crippen LogP contribution is 2.23. The van der Waals surface area contributed by atoms with Crippen LogP contribution in [0.2, 0.25) is 0 Å². The number of nitrogens with one attached hydrogen (secondary N) is 1. The molecular formula is C19H16BrFN2O2. The molecule has 0 spiro atoms. The number of ketones is 1. The van der Waals surface area contributed by atoms with Crippen LogP contribution in [0.25, 0.3) is 10.9 Å². The van der Waals surface area contributed by atoms with Gasteiger partial charge >= 0.3 is 0 Å². The Morgan fingerprint density at radius 2 is 1.92 bits per heavy atom. The van der Waals surface area contributed by atoms with E-state index in [4.69, 9.17) is 0 Å². The third-order valence-corrected chi connectivity index (χ3v) is 4.57. The summed E-state index contributed by atoms with van der Waals surface area (Å²) >= 11 is 3.28. The van der Waals surface area contributed by atoms with E-state index in [1.165, 1.54) is 18.0 Å². The van der Waals surface area contributed by atoms with Gasteiger partial charge in [-0.25, -0.2) is 4.39 Å². The quantitative estimate of drug-likeness (QED) is 0.524. The maximum atomic E-state index is 13.9. The van der Waals surface area contributed by atoms with E-state index in [2.05, 4.69) is 20.9 Å². The van der Waals surface area contributed by atoms with Crippen molar-refractivity contribution in [2.45, 2.75) is 13.5 Å². The van der Waals surface area contributed by atoms with Crippen molar-refractivity contribution in [3.05, 3.63) is 69.6 Å². The third kappa shape index (κ3) is 3.35. The van der Waals surface area contributed by atoms with Gasteiger partial charge in [-0.15, -0.1) is 0 Å². The second-order valence-electron chi connectivity index (χ2n) is 5.90. The number of aromatic amines is 1. The minimum absolute atomic E-state index is 0.0112. The first-order valence-electron chi connectivity index (χ1n) is 7.69. The minimum atomic E-state index is -0.674. The number of H-pyrrole nitrogens is 1. The van der Waals surface area contributed by atoms with Gasteiger partial charge in [-0.3, -0.25) is 9.59 Å². The van der Waals surface area contributed by atoms with Gasteiger partial charge in [0.2, 0.25) is 0 Å². The molecule has 1 amide bonds. The van der Waals surface area contributed by atoms with Gasteiger partial charge in [-0.05, 0) is 31.2 Å². The summed E-state index contributed by atoms with van der Waals surface area (Å²) in [5.74, 6) is -1.70. The van der Waals surface area contributed by atoms with E-state index in [1.807, 2.05) is 18.2 Å². The molecule has 2 aromatic carbocycles. The summed E-state index contributed by atoms with van der Waals surface area (Å²) in [6.07, 6.45) is 0. The van der Waals surface area contributed by atoms with Crippen molar-refractivity contribution in [3.8, 4) is 0 Å². The number of hydrogen-bond donors (Lipinski definition) is 1. The zero-order valence-corrected chi connectivity index (χ0v) is 15.4. The molecule has 128 valence electrons. The molecule has 6 heteroatoms. The summed E-state index contributed by atoms with van der Waals surface area (Å²) in [6.45, 7) is 1.77. The molecule has 0 atom stereocenters. The Bertz CT molecular complexity index is 981. The summed E-state index contributed by atoms with van der Waals surface area (Å²) < 4.78 is 14.6. The Hall–Kier alpha value is -2.47. The average Bonchev–Trinajstić information content (AvgIpc) is 2.92. The second kappa shape index (κ2) is 6.80. The van der Waals surface area contributed by atoms with E-state index < -0.39 is 17.5 Å². The van der Waals surface area contributed by atoms with Crippen LogP contribution < -0.4 is 0 Å². The minimum Gasteiger partial charge on any atom is -0.358 e. The number of fused-ring (bicyclic) bond motifs is 1. The first-order valence-corrected chi connectivity index (χ1v) is 8.49. The van der Waals surface area contributed by atoms with Crippen LogP contribution in [0.5, 0.6) is 0 Å². The lowest BCUT2D eigenvalue weighted by Crippen LogP contribution is -2.33. The standard InChI is InChI=1S/C19H16BrFN2O2/c1-11-17(14-5-3-4-6-16(14)22-11)18(24)19(25)23(2)10-12-9-13(20)7-8-15(12)21/h3-9,22H,10H2,1-2H3. The number of nitrogens with zero attached hydrogens (tertiary/aromatic N) is 1. The Morgan fingerprint density at radius 3 is 2.68 bits per heavy atom. The zero-order chi connectivity index (χ0) is 18.1. The van der Waals surface area contributed by atoms with E-state index >= 15 is 0 Å². The van der Waals surface area contributed by atoms with E-state index in [-0.39, 0.29) is 6.54 Å². The zero-order valence-electron chi connectivity index (χ0n) is 13.8.